The normalized spacial score (nSPS) is 29.8. The summed E-state index contributed by atoms with van der Waals surface area (Å²) in [6, 6.07) is -0.190. The Bertz CT molecular complexity index is 571. The van der Waals surface area contributed by atoms with Crippen LogP contribution in [0.1, 0.15) is 33.6 Å². The summed E-state index contributed by atoms with van der Waals surface area (Å²) in [6.07, 6.45) is 1.36. The van der Waals surface area contributed by atoms with E-state index in [1.807, 2.05) is 6.92 Å². The third-order valence-corrected chi connectivity index (χ3v) is 7.57. The Labute approximate surface area is 139 Å². The number of hydrogen-bond acceptors (Lipinski definition) is 4. The van der Waals surface area contributed by atoms with Crippen molar-refractivity contribution in [1.29, 1.82) is 0 Å². The van der Waals surface area contributed by atoms with E-state index in [2.05, 4.69) is 11.9 Å². The van der Waals surface area contributed by atoms with Crippen molar-refractivity contribution in [1.82, 2.24) is 10.2 Å². The van der Waals surface area contributed by atoms with Crippen LogP contribution in [0.2, 0.25) is 0 Å². The molecule has 0 radical (unpaired) electrons. The summed E-state index contributed by atoms with van der Waals surface area (Å²) in [5.74, 6) is 0.262. The topological polar surface area (TPSA) is 75.7 Å². The van der Waals surface area contributed by atoms with Gasteiger partial charge in [-0.1, -0.05) is 12.2 Å². The van der Waals surface area contributed by atoms with E-state index in [-0.39, 0.29) is 30.4 Å². The lowest BCUT2D eigenvalue weighted by molar-refractivity contribution is 0.118. The van der Waals surface area contributed by atoms with Gasteiger partial charge in [-0.2, -0.15) is 0 Å². The van der Waals surface area contributed by atoms with Crippen molar-refractivity contribution in [3.05, 3.63) is 12.2 Å². The van der Waals surface area contributed by atoms with Gasteiger partial charge in [0.15, 0.2) is 9.84 Å². The monoisotopic (exact) mass is 344 g/mol. The highest BCUT2D eigenvalue weighted by Crippen LogP contribution is 2.26. The van der Waals surface area contributed by atoms with Gasteiger partial charge in [-0.25, -0.2) is 13.2 Å². The third kappa shape index (κ3) is 4.07. The molecule has 23 heavy (non-hydrogen) atoms. The summed E-state index contributed by atoms with van der Waals surface area (Å²) in [6.45, 7) is 11.3. The molecule has 0 aromatic rings. The molecular formula is C16H28N2O4S. The highest BCUT2D eigenvalue weighted by atomic mass is 32.2. The van der Waals surface area contributed by atoms with Gasteiger partial charge in [0.1, 0.15) is 0 Å². The standard InChI is InChI=1S/C16H28N2O4S/c1-12(2)14-13(5-9-22-14)11-17-15(19)18-7-6-16(3,4)23(20,21)10-8-18/h13-14H,1,5-11H2,2-4H3,(H,17,19)/t13-,14+/m1/s1. The number of sulfone groups is 1. The van der Waals surface area contributed by atoms with E-state index >= 15 is 0 Å². The quantitative estimate of drug-likeness (QED) is 0.789. The van der Waals surface area contributed by atoms with Gasteiger partial charge in [-0.15, -0.1) is 0 Å². The number of amides is 2. The lowest BCUT2D eigenvalue weighted by Gasteiger charge is -2.24. The van der Waals surface area contributed by atoms with Gasteiger partial charge in [-0.05, 0) is 33.6 Å². The molecule has 2 atom stereocenters. The number of nitrogens with one attached hydrogen (secondary N) is 1. The fourth-order valence-corrected chi connectivity index (χ4v) is 4.51. The second-order valence-corrected chi connectivity index (χ2v) is 9.93. The number of carbonyl (C=O) groups is 1. The summed E-state index contributed by atoms with van der Waals surface area (Å²) in [5.41, 5.74) is 0.976. The Morgan fingerprint density at radius 3 is 2.74 bits per heavy atom. The molecule has 0 saturated carbocycles. The maximum Gasteiger partial charge on any atom is 0.317 e. The molecule has 2 fully saturated rings. The van der Waals surface area contributed by atoms with Crippen LogP contribution in [0.15, 0.2) is 12.2 Å². The van der Waals surface area contributed by atoms with E-state index in [0.717, 1.165) is 12.0 Å². The van der Waals surface area contributed by atoms with Gasteiger partial charge >= 0.3 is 6.03 Å². The minimum atomic E-state index is -3.17. The molecule has 132 valence electrons. The molecule has 6 nitrogen and oxygen atoms in total. The maximum atomic E-state index is 12.4. The number of rotatable bonds is 3. The highest BCUT2D eigenvalue weighted by Gasteiger charge is 2.38. The van der Waals surface area contributed by atoms with E-state index in [0.29, 0.717) is 26.1 Å². The Hall–Kier alpha value is -1.08. The molecule has 0 bridgehead atoms. The van der Waals surface area contributed by atoms with Crippen molar-refractivity contribution in [3.63, 3.8) is 0 Å². The van der Waals surface area contributed by atoms with Crippen LogP contribution in [0.5, 0.6) is 0 Å². The van der Waals surface area contributed by atoms with E-state index in [1.54, 1.807) is 18.7 Å². The van der Waals surface area contributed by atoms with Crippen LogP contribution >= 0.6 is 0 Å². The highest BCUT2D eigenvalue weighted by molar-refractivity contribution is 7.92. The van der Waals surface area contributed by atoms with Gasteiger partial charge in [0.05, 0.1) is 16.6 Å². The first-order chi connectivity index (χ1) is 10.6. The first-order valence-corrected chi connectivity index (χ1v) is 9.81. The van der Waals surface area contributed by atoms with Crippen LogP contribution in [0.25, 0.3) is 0 Å². The fourth-order valence-electron chi connectivity index (χ4n) is 3.10. The zero-order valence-electron chi connectivity index (χ0n) is 14.3. The summed E-state index contributed by atoms with van der Waals surface area (Å²) in [5, 5.41) is 2.93. The molecule has 2 aliphatic rings. The third-order valence-electron chi connectivity index (χ3n) is 4.96. The number of urea groups is 1. The van der Waals surface area contributed by atoms with Crippen molar-refractivity contribution in [2.45, 2.75) is 44.5 Å². The van der Waals surface area contributed by atoms with Crippen molar-refractivity contribution >= 4 is 15.9 Å². The molecule has 0 aromatic heterocycles. The predicted octanol–water partition coefficient (Wildman–Crippen LogP) is 1.58. The second kappa shape index (κ2) is 6.81. The predicted molar refractivity (Wildman–Crippen MR) is 90.1 cm³/mol. The first kappa shape index (κ1) is 18.3. The second-order valence-electron chi connectivity index (χ2n) is 7.19. The number of hydrogen-bond donors (Lipinski definition) is 1. The molecule has 7 heteroatoms. The number of nitrogens with zero attached hydrogens (tertiary/aromatic N) is 1. The zero-order chi connectivity index (χ0) is 17.3. The van der Waals surface area contributed by atoms with Crippen molar-refractivity contribution in [2.75, 3.05) is 32.0 Å². The molecule has 0 aliphatic carbocycles. The van der Waals surface area contributed by atoms with E-state index in [1.165, 1.54) is 0 Å². The van der Waals surface area contributed by atoms with Gasteiger partial charge < -0.3 is 15.0 Å². The average Bonchev–Trinajstić information content (AvgIpc) is 2.89. The summed E-state index contributed by atoms with van der Waals surface area (Å²) in [7, 11) is -3.17. The van der Waals surface area contributed by atoms with Crippen LogP contribution in [-0.4, -0.2) is 62.2 Å². The van der Waals surface area contributed by atoms with Gasteiger partial charge in [0, 0.05) is 32.2 Å². The lowest BCUT2D eigenvalue weighted by Crippen LogP contribution is -2.44. The van der Waals surface area contributed by atoms with Crippen LogP contribution in [0.4, 0.5) is 4.79 Å². The molecule has 2 rings (SSSR count). The summed E-state index contributed by atoms with van der Waals surface area (Å²) in [4.78, 5) is 14.0. The van der Waals surface area contributed by atoms with Crippen molar-refractivity contribution in [3.8, 4) is 0 Å². The minimum Gasteiger partial charge on any atom is -0.374 e. The molecule has 0 unspecified atom stereocenters. The zero-order valence-corrected chi connectivity index (χ0v) is 15.1. The SMILES string of the molecule is C=C(C)[C@@H]1OCC[C@@H]1CNC(=O)N1CCC(C)(C)S(=O)(=O)CC1. The molecule has 2 amide bonds. The van der Waals surface area contributed by atoms with E-state index < -0.39 is 14.6 Å². The van der Waals surface area contributed by atoms with Crippen LogP contribution < -0.4 is 5.32 Å². The fraction of sp³-hybridized carbons (Fsp3) is 0.812. The van der Waals surface area contributed by atoms with Gasteiger partial charge in [0.25, 0.3) is 0 Å². The van der Waals surface area contributed by atoms with Crippen LogP contribution in [0.3, 0.4) is 0 Å². The number of carbonyl (C=O) groups excluding carboxylic acids is 1. The number of ether oxygens (including phenoxy) is 1. The Morgan fingerprint density at radius 1 is 1.39 bits per heavy atom. The first-order valence-electron chi connectivity index (χ1n) is 8.16. The minimum absolute atomic E-state index is 0.00116. The lowest BCUT2D eigenvalue weighted by atomic mass is 9.97. The smallest absolute Gasteiger partial charge is 0.317 e. The molecule has 2 aliphatic heterocycles. The summed E-state index contributed by atoms with van der Waals surface area (Å²) >= 11 is 0. The average molecular weight is 344 g/mol. The van der Waals surface area contributed by atoms with Gasteiger partial charge in [-0.3, -0.25) is 0 Å². The molecule has 2 saturated heterocycles. The molecule has 0 aromatic carbocycles. The largest absolute Gasteiger partial charge is 0.374 e. The van der Waals surface area contributed by atoms with E-state index in [9.17, 15) is 13.2 Å². The summed E-state index contributed by atoms with van der Waals surface area (Å²) < 4.78 is 29.2. The molecule has 1 N–H and O–H groups in total. The molecule has 2 heterocycles. The Balaban J connectivity index is 1.90. The maximum absolute atomic E-state index is 12.4. The Kier molecular flexibility index (Phi) is 5.41. The molecular weight excluding hydrogens is 316 g/mol. The Morgan fingerprint density at radius 2 is 2.09 bits per heavy atom. The molecule has 0 spiro atoms. The van der Waals surface area contributed by atoms with Crippen LogP contribution in [-0.2, 0) is 14.6 Å². The van der Waals surface area contributed by atoms with Crippen LogP contribution in [0, 0.1) is 5.92 Å². The van der Waals surface area contributed by atoms with Gasteiger partial charge in [0.2, 0.25) is 0 Å². The van der Waals surface area contributed by atoms with Crippen molar-refractivity contribution < 1.29 is 17.9 Å². The van der Waals surface area contributed by atoms with Crippen molar-refractivity contribution in [2.24, 2.45) is 5.92 Å². The van der Waals surface area contributed by atoms with E-state index in [4.69, 9.17) is 4.74 Å².